The zero-order valence-electron chi connectivity index (χ0n) is 17.1. The second-order valence-electron chi connectivity index (χ2n) is 8.54. The number of hydrogen-bond donors (Lipinski definition) is 1. The van der Waals surface area contributed by atoms with Gasteiger partial charge in [-0.3, -0.25) is 9.78 Å². The Morgan fingerprint density at radius 2 is 2.17 bits per heavy atom. The molecule has 0 saturated heterocycles. The molecule has 0 spiro atoms. The lowest BCUT2D eigenvalue weighted by molar-refractivity contribution is 0.0883. The fraction of sp³-hybridized carbons (Fsp3) is 0.619. The van der Waals surface area contributed by atoms with Crippen LogP contribution >= 0.6 is 0 Å². The number of halogens is 1. The van der Waals surface area contributed by atoms with Gasteiger partial charge in [-0.15, -0.1) is 0 Å². The first kappa shape index (κ1) is 19.8. The number of nitrogens with one attached hydrogen (secondary N) is 1. The van der Waals surface area contributed by atoms with E-state index < -0.39 is 18.3 Å². The molecule has 2 fully saturated rings. The molecule has 0 unspecified atom stereocenters. The van der Waals surface area contributed by atoms with E-state index in [-0.39, 0.29) is 11.6 Å². The summed E-state index contributed by atoms with van der Waals surface area (Å²) in [7, 11) is 0. The lowest BCUT2D eigenvalue weighted by Crippen LogP contribution is -2.45. The second kappa shape index (κ2) is 7.72. The van der Waals surface area contributed by atoms with Crippen molar-refractivity contribution in [2.24, 2.45) is 5.92 Å². The molecule has 2 aliphatic carbocycles. The summed E-state index contributed by atoms with van der Waals surface area (Å²) in [5, 5.41) is 7.09. The maximum atomic E-state index is 13.1. The van der Waals surface area contributed by atoms with E-state index in [1.165, 1.54) is 0 Å². The first-order chi connectivity index (χ1) is 13.9. The van der Waals surface area contributed by atoms with E-state index >= 15 is 0 Å². The Labute approximate surface area is 169 Å². The Bertz CT molecular complexity index is 894. The molecule has 0 aliphatic heterocycles. The third kappa shape index (κ3) is 4.57. The van der Waals surface area contributed by atoms with Crippen LogP contribution in [-0.4, -0.2) is 33.8 Å². The largest absolute Gasteiger partial charge is 0.488 e. The third-order valence-electron chi connectivity index (χ3n) is 5.49. The molecule has 156 valence electrons. The highest BCUT2D eigenvalue weighted by atomic mass is 19.1. The van der Waals surface area contributed by atoms with Crippen LogP contribution in [0.25, 0.3) is 0 Å². The average molecular weight is 402 g/mol. The van der Waals surface area contributed by atoms with E-state index in [0.717, 1.165) is 37.7 Å². The number of hydrogen-bond acceptors (Lipinski definition) is 6. The van der Waals surface area contributed by atoms with Gasteiger partial charge in [-0.25, -0.2) is 4.39 Å². The highest BCUT2D eigenvalue weighted by molar-refractivity contribution is 5.93. The van der Waals surface area contributed by atoms with Gasteiger partial charge in [0.25, 0.3) is 5.91 Å². The summed E-state index contributed by atoms with van der Waals surface area (Å²) in [6.45, 7) is 4.71. The molecule has 0 radical (unpaired) electrons. The van der Waals surface area contributed by atoms with Gasteiger partial charge < -0.3 is 14.6 Å². The molecule has 1 N–H and O–H groups in total. The maximum absolute atomic E-state index is 13.1. The first-order valence-electron chi connectivity index (χ1n) is 10.2. The highest BCUT2D eigenvalue weighted by Gasteiger charge is 2.40. The molecule has 0 bridgehead atoms. The summed E-state index contributed by atoms with van der Waals surface area (Å²) < 4.78 is 23.9. The third-order valence-corrected chi connectivity index (χ3v) is 5.49. The summed E-state index contributed by atoms with van der Waals surface area (Å²) in [5.41, 5.74) is 0.425. The summed E-state index contributed by atoms with van der Waals surface area (Å²) >= 11 is 0. The molecule has 2 aliphatic rings. The molecule has 2 heterocycles. The molecule has 8 heteroatoms. The molecule has 2 aromatic heterocycles. The Hall–Kier alpha value is -2.51. The van der Waals surface area contributed by atoms with Crippen molar-refractivity contribution in [3.05, 3.63) is 35.2 Å². The Morgan fingerprint density at radius 1 is 1.41 bits per heavy atom. The van der Waals surface area contributed by atoms with Gasteiger partial charge in [0.2, 0.25) is 5.89 Å². The zero-order valence-corrected chi connectivity index (χ0v) is 17.1. The van der Waals surface area contributed by atoms with Crippen molar-refractivity contribution in [2.45, 2.75) is 70.4 Å². The molecule has 2 aromatic rings. The van der Waals surface area contributed by atoms with Crippen LogP contribution in [0.15, 0.2) is 16.8 Å². The van der Waals surface area contributed by atoms with Crippen molar-refractivity contribution >= 4 is 5.91 Å². The zero-order chi connectivity index (χ0) is 20.6. The van der Waals surface area contributed by atoms with Gasteiger partial charge in [0.15, 0.2) is 5.82 Å². The SMILES string of the molecule is Cc1nc([C@@](C)(CC2CC2)NC(=O)c2cc(O[C@H](C)CF)c(C3CC3)cn2)no1. The molecule has 2 atom stereocenters. The van der Waals surface area contributed by atoms with Gasteiger partial charge >= 0.3 is 0 Å². The van der Waals surface area contributed by atoms with E-state index in [2.05, 4.69) is 20.4 Å². The molecular formula is C21H27FN4O3. The number of amides is 1. The summed E-state index contributed by atoms with van der Waals surface area (Å²) in [4.78, 5) is 21.8. The van der Waals surface area contributed by atoms with Crippen LogP contribution in [0.5, 0.6) is 5.75 Å². The highest BCUT2D eigenvalue weighted by Crippen LogP contribution is 2.44. The standard InChI is InChI=1S/C21H27FN4O3/c1-12(10-22)28-18-8-17(23-11-16(18)15-6-7-15)19(27)25-21(3,9-14-4-5-14)20-24-13(2)29-26-20/h8,11-12,14-15H,4-7,9-10H2,1-3H3,(H,25,27)/t12-,21-/m1/s1. The van der Waals surface area contributed by atoms with Gasteiger partial charge in [-0.2, -0.15) is 4.98 Å². The van der Waals surface area contributed by atoms with Gasteiger partial charge in [0, 0.05) is 24.8 Å². The van der Waals surface area contributed by atoms with Crippen molar-refractivity contribution in [1.82, 2.24) is 20.4 Å². The number of aryl methyl sites for hydroxylation is 1. The minimum atomic E-state index is -0.750. The Morgan fingerprint density at radius 3 is 2.76 bits per heavy atom. The van der Waals surface area contributed by atoms with Gasteiger partial charge in [0.05, 0.1) is 0 Å². The van der Waals surface area contributed by atoms with Crippen molar-refractivity contribution in [1.29, 1.82) is 0 Å². The van der Waals surface area contributed by atoms with Crippen LogP contribution in [-0.2, 0) is 5.54 Å². The number of carbonyl (C=O) groups is 1. The van der Waals surface area contributed by atoms with Gasteiger partial charge in [-0.1, -0.05) is 18.0 Å². The topological polar surface area (TPSA) is 90.1 Å². The predicted octanol–water partition coefficient (Wildman–Crippen LogP) is 3.83. The van der Waals surface area contributed by atoms with Crippen molar-refractivity contribution in [2.75, 3.05) is 6.67 Å². The van der Waals surface area contributed by atoms with Crippen molar-refractivity contribution < 1.29 is 18.4 Å². The van der Waals surface area contributed by atoms with Crippen LogP contribution in [0, 0.1) is 12.8 Å². The molecule has 7 nitrogen and oxygen atoms in total. The summed E-state index contributed by atoms with van der Waals surface area (Å²) in [6, 6.07) is 1.62. The molecule has 29 heavy (non-hydrogen) atoms. The Kier molecular flexibility index (Phi) is 5.27. The van der Waals surface area contributed by atoms with Crippen LogP contribution in [0.4, 0.5) is 4.39 Å². The monoisotopic (exact) mass is 402 g/mol. The quantitative estimate of drug-likeness (QED) is 0.685. The number of aromatic nitrogens is 3. The number of nitrogens with zero attached hydrogens (tertiary/aromatic N) is 3. The molecule has 1 amide bonds. The van der Waals surface area contributed by atoms with E-state index in [0.29, 0.717) is 29.3 Å². The smallest absolute Gasteiger partial charge is 0.270 e. The summed E-state index contributed by atoms with van der Waals surface area (Å²) in [6.07, 6.45) is 6.23. The first-order valence-corrected chi connectivity index (χ1v) is 10.2. The number of alkyl halides is 1. The Balaban J connectivity index is 1.58. The average Bonchev–Trinajstić information content (AvgIpc) is 3.62. The van der Waals surface area contributed by atoms with Gasteiger partial charge in [0.1, 0.15) is 29.8 Å². The van der Waals surface area contributed by atoms with E-state index in [4.69, 9.17) is 9.26 Å². The number of ether oxygens (including phenoxy) is 1. The van der Waals surface area contributed by atoms with Crippen LogP contribution < -0.4 is 10.1 Å². The molecule has 4 rings (SSSR count). The number of carbonyl (C=O) groups excluding carboxylic acids is 1. The normalized spacial score (nSPS) is 19.4. The minimum Gasteiger partial charge on any atom is -0.488 e. The predicted molar refractivity (Wildman–Crippen MR) is 103 cm³/mol. The van der Waals surface area contributed by atoms with Crippen molar-refractivity contribution in [3.8, 4) is 5.75 Å². The van der Waals surface area contributed by atoms with Crippen molar-refractivity contribution in [3.63, 3.8) is 0 Å². The fourth-order valence-corrected chi connectivity index (χ4v) is 3.56. The number of rotatable bonds is 9. The van der Waals surface area contributed by atoms with Crippen LogP contribution in [0.2, 0.25) is 0 Å². The number of pyridine rings is 1. The van der Waals surface area contributed by atoms with E-state index in [1.807, 2.05) is 6.92 Å². The lowest BCUT2D eigenvalue weighted by atomic mass is 9.93. The van der Waals surface area contributed by atoms with Gasteiger partial charge in [-0.05, 0) is 44.9 Å². The maximum Gasteiger partial charge on any atom is 0.270 e. The van der Waals surface area contributed by atoms with Crippen LogP contribution in [0.3, 0.4) is 0 Å². The van der Waals surface area contributed by atoms with E-state index in [9.17, 15) is 9.18 Å². The molecule has 0 aromatic carbocycles. The minimum absolute atomic E-state index is 0.234. The fourth-order valence-electron chi connectivity index (χ4n) is 3.56. The molecular weight excluding hydrogens is 375 g/mol. The lowest BCUT2D eigenvalue weighted by Gasteiger charge is -2.27. The van der Waals surface area contributed by atoms with E-state index in [1.54, 1.807) is 26.1 Å². The summed E-state index contributed by atoms with van der Waals surface area (Å²) in [5.74, 6) is 2.04. The second-order valence-corrected chi connectivity index (χ2v) is 8.54. The van der Waals surface area contributed by atoms with Crippen LogP contribution in [0.1, 0.15) is 79.6 Å². The molecule has 2 saturated carbocycles.